The molecule has 23 heavy (non-hydrogen) atoms. The van der Waals surface area contributed by atoms with Crippen molar-refractivity contribution in [2.75, 3.05) is 18.4 Å². The van der Waals surface area contributed by atoms with Crippen molar-refractivity contribution in [3.8, 4) is 11.5 Å². The van der Waals surface area contributed by atoms with Crippen molar-refractivity contribution in [2.24, 2.45) is 0 Å². The lowest BCUT2D eigenvalue weighted by Crippen LogP contribution is -2.33. The summed E-state index contributed by atoms with van der Waals surface area (Å²) in [4.78, 5) is 13.9. The van der Waals surface area contributed by atoms with Crippen molar-refractivity contribution in [3.63, 3.8) is 0 Å². The van der Waals surface area contributed by atoms with E-state index in [2.05, 4.69) is 5.32 Å². The number of ether oxygens (including phenoxy) is 1. The Kier molecular flexibility index (Phi) is 4.48. The number of amides is 2. The van der Waals surface area contributed by atoms with Gasteiger partial charge in [-0.3, -0.25) is 0 Å². The topological polar surface area (TPSA) is 61.8 Å². The molecule has 0 unspecified atom stereocenters. The second kappa shape index (κ2) is 6.71. The smallest absolute Gasteiger partial charge is 0.322 e. The van der Waals surface area contributed by atoms with Crippen LogP contribution >= 0.6 is 0 Å². The number of carbonyl (C=O) groups is 1. The van der Waals surface area contributed by atoms with Gasteiger partial charge in [0.1, 0.15) is 5.75 Å². The molecule has 2 aromatic carbocycles. The molecule has 0 aliphatic carbocycles. The molecule has 0 saturated carbocycles. The second-order valence-corrected chi connectivity index (χ2v) is 5.73. The minimum atomic E-state index is -0.431. The average Bonchev–Trinajstić information content (AvgIpc) is 2.98. The first-order chi connectivity index (χ1) is 11.1. The Morgan fingerprint density at radius 3 is 2.65 bits per heavy atom. The third-order valence-electron chi connectivity index (χ3n) is 3.83. The molecular formula is C18H20N2O3. The fourth-order valence-corrected chi connectivity index (χ4v) is 2.51. The van der Waals surface area contributed by atoms with Crippen LogP contribution in [-0.4, -0.2) is 35.2 Å². The Labute approximate surface area is 135 Å². The summed E-state index contributed by atoms with van der Waals surface area (Å²) in [5.74, 6) is 1.30. The minimum Gasteiger partial charge on any atom is -0.455 e. The molecular weight excluding hydrogens is 292 g/mol. The maximum atomic E-state index is 12.3. The molecule has 3 rings (SSSR count). The molecule has 120 valence electrons. The van der Waals surface area contributed by atoms with E-state index in [4.69, 9.17) is 4.74 Å². The van der Waals surface area contributed by atoms with Gasteiger partial charge in [0.15, 0.2) is 5.75 Å². The van der Waals surface area contributed by atoms with E-state index in [1.54, 1.807) is 11.0 Å². The molecule has 0 bridgehead atoms. The van der Waals surface area contributed by atoms with Crippen LogP contribution in [-0.2, 0) is 0 Å². The van der Waals surface area contributed by atoms with Crippen molar-refractivity contribution < 1.29 is 14.6 Å². The number of aliphatic hydroxyl groups is 1. The van der Waals surface area contributed by atoms with Crippen LogP contribution in [0, 0.1) is 6.92 Å². The average molecular weight is 312 g/mol. The van der Waals surface area contributed by atoms with Crippen molar-refractivity contribution >= 4 is 11.7 Å². The first-order valence-corrected chi connectivity index (χ1v) is 7.69. The van der Waals surface area contributed by atoms with E-state index >= 15 is 0 Å². The van der Waals surface area contributed by atoms with Crippen LogP contribution in [0.2, 0.25) is 0 Å². The summed E-state index contributed by atoms with van der Waals surface area (Å²) < 4.78 is 5.87. The van der Waals surface area contributed by atoms with Crippen LogP contribution in [0.4, 0.5) is 10.5 Å². The lowest BCUT2D eigenvalue weighted by molar-refractivity contribution is 0.176. The predicted molar refractivity (Wildman–Crippen MR) is 88.9 cm³/mol. The molecule has 1 heterocycles. The zero-order chi connectivity index (χ0) is 16.2. The van der Waals surface area contributed by atoms with E-state index in [0.717, 1.165) is 5.56 Å². The van der Waals surface area contributed by atoms with Gasteiger partial charge in [-0.15, -0.1) is 0 Å². The van der Waals surface area contributed by atoms with Crippen LogP contribution in [0.3, 0.4) is 0 Å². The summed E-state index contributed by atoms with van der Waals surface area (Å²) in [6.45, 7) is 2.95. The summed E-state index contributed by atoms with van der Waals surface area (Å²) in [5, 5.41) is 12.4. The van der Waals surface area contributed by atoms with E-state index in [0.29, 0.717) is 36.7 Å². The molecule has 2 N–H and O–H groups in total. The van der Waals surface area contributed by atoms with Gasteiger partial charge in [-0.2, -0.15) is 0 Å². The van der Waals surface area contributed by atoms with Gasteiger partial charge in [-0.25, -0.2) is 4.79 Å². The fourth-order valence-electron chi connectivity index (χ4n) is 2.51. The zero-order valence-electron chi connectivity index (χ0n) is 13.0. The summed E-state index contributed by atoms with van der Waals surface area (Å²) >= 11 is 0. The zero-order valence-corrected chi connectivity index (χ0v) is 13.0. The SMILES string of the molecule is Cc1ccc(Oc2ccccc2NC(=O)N2CC[C@@H](O)C2)cc1. The van der Waals surface area contributed by atoms with E-state index in [-0.39, 0.29) is 6.03 Å². The highest BCUT2D eigenvalue weighted by molar-refractivity contribution is 5.91. The fraction of sp³-hybridized carbons (Fsp3) is 0.278. The molecule has 0 spiro atoms. The molecule has 2 aromatic rings. The van der Waals surface area contributed by atoms with E-state index in [9.17, 15) is 9.90 Å². The quantitative estimate of drug-likeness (QED) is 0.913. The number of benzene rings is 2. The number of para-hydroxylation sites is 2. The van der Waals surface area contributed by atoms with E-state index < -0.39 is 6.10 Å². The highest BCUT2D eigenvalue weighted by Crippen LogP contribution is 2.29. The number of likely N-dealkylation sites (tertiary alicyclic amines) is 1. The molecule has 1 saturated heterocycles. The summed E-state index contributed by atoms with van der Waals surface area (Å²) in [5.41, 5.74) is 1.77. The van der Waals surface area contributed by atoms with Gasteiger partial charge in [-0.1, -0.05) is 29.8 Å². The van der Waals surface area contributed by atoms with Gasteiger partial charge in [0, 0.05) is 13.1 Å². The van der Waals surface area contributed by atoms with Gasteiger partial charge in [0.25, 0.3) is 0 Å². The number of nitrogens with one attached hydrogen (secondary N) is 1. The maximum absolute atomic E-state index is 12.3. The summed E-state index contributed by atoms with van der Waals surface area (Å²) in [6.07, 6.45) is 0.189. The summed E-state index contributed by atoms with van der Waals surface area (Å²) in [6, 6.07) is 14.8. The number of hydrogen-bond donors (Lipinski definition) is 2. The van der Waals surface area contributed by atoms with Crippen molar-refractivity contribution in [1.82, 2.24) is 4.90 Å². The second-order valence-electron chi connectivity index (χ2n) is 5.73. The minimum absolute atomic E-state index is 0.221. The highest BCUT2D eigenvalue weighted by Gasteiger charge is 2.25. The van der Waals surface area contributed by atoms with Gasteiger partial charge < -0.3 is 20.1 Å². The Balaban J connectivity index is 1.72. The predicted octanol–water partition coefficient (Wildman–Crippen LogP) is 3.39. The highest BCUT2D eigenvalue weighted by atomic mass is 16.5. The molecule has 1 fully saturated rings. The van der Waals surface area contributed by atoms with Gasteiger partial charge >= 0.3 is 6.03 Å². The molecule has 2 amide bonds. The molecule has 0 radical (unpaired) electrons. The lowest BCUT2D eigenvalue weighted by Gasteiger charge is -2.18. The Bertz CT molecular complexity index is 685. The molecule has 5 heteroatoms. The number of carbonyl (C=O) groups excluding carboxylic acids is 1. The largest absolute Gasteiger partial charge is 0.455 e. The number of aliphatic hydroxyl groups excluding tert-OH is 1. The van der Waals surface area contributed by atoms with Crippen LogP contribution < -0.4 is 10.1 Å². The number of nitrogens with zero attached hydrogens (tertiary/aromatic N) is 1. The standard InChI is InChI=1S/C18H20N2O3/c1-13-6-8-15(9-7-13)23-17-5-3-2-4-16(17)19-18(22)20-11-10-14(21)12-20/h2-9,14,21H,10-12H2,1H3,(H,19,22)/t14-/m1/s1. The monoisotopic (exact) mass is 312 g/mol. The number of urea groups is 1. The van der Waals surface area contributed by atoms with Crippen LogP contribution in [0.25, 0.3) is 0 Å². The third kappa shape index (κ3) is 3.81. The van der Waals surface area contributed by atoms with Crippen molar-refractivity contribution in [3.05, 3.63) is 54.1 Å². The first kappa shape index (κ1) is 15.4. The number of rotatable bonds is 3. The normalized spacial score (nSPS) is 17.1. The molecule has 0 aromatic heterocycles. The Morgan fingerprint density at radius 1 is 1.22 bits per heavy atom. The number of hydrogen-bond acceptors (Lipinski definition) is 3. The van der Waals surface area contributed by atoms with E-state index in [1.165, 1.54) is 0 Å². The summed E-state index contributed by atoms with van der Waals surface area (Å²) in [7, 11) is 0. The van der Waals surface area contributed by atoms with Crippen molar-refractivity contribution in [1.29, 1.82) is 0 Å². The first-order valence-electron chi connectivity index (χ1n) is 7.69. The Morgan fingerprint density at radius 2 is 1.96 bits per heavy atom. The van der Waals surface area contributed by atoms with Gasteiger partial charge in [0.05, 0.1) is 11.8 Å². The van der Waals surface area contributed by atoms with E-state index in [1.807, 2.05) is 49.4 Å². The number of β-amino-alcohol motifs (C(OH)–C–C–N with tert-alkyl or cyclic N) is 1. The lowest BCUT2D eigenvalue weighted by atomic mass is 10.2. The van der Waals surface area contributed by atoms with Crippen LogP contribution in [0.5, 0.6) is 11.5 Å². The molecule has 1 atom stereocenters. The Hall–Kier alpha value is -2.53. The van der Waals surface area contributed by atoms with Crippen molar-refractivity contribution in [2.45, 2.75) is 19.4 Å². The van der Waals surface area contributed by atoms with Gasteiger partial charge in [-0.05, 0) is 37.6 Å². The number of anilines is 1. The molecule has 5 nitrogen and oxygen atoms in total. The van der Waals surface area contributed by atoms with Crippen LogP contribution in [0.1, 0.15) is 12.0 Å². The van der Waals surface area contributed by atoms with Crippen LogP contribution in [0.15, 0.2) is 48.5 Å². The van der Waals surface area contributed by atoms with Gasteiger partial charge in [0.2, 0.25) is 0 Å². The number of aryl methyl sites for hydroxylation is 1. The maximum Gasteiger partial charge on any atom is 0.322 e. The molecule has 1 aliphatic heterocycles. The third-order valence-corrected chi connectivity index (χ3v) is 3.83. The molecule has 1 aliphatic rings.